The molecule has 0 aliphatic heterocycles. The van der Waals surface area contributed by atoms with Crippen LogP contribution in [0.5, 0.6) is 5.75 Å². The number of hydrogen-bond donors (Lipinski definition) is 1. The highest BCUT2D eigenvalue weighted by molar-refractivity contribution is 7.92. The fraction of sp³-hybridized carbons (Fsp3) is 0.120. The van der Waals surface area contributed by atoms with Crippen LogP contribution in [-0.2, 0) is 22.7 Å². The number of aromatic carboxylic acids is 1. The van der Waals surface area contributed by atoms with Crippen molar-refractivity contribution in [2.75, 3.05) is 11.4 Å². The lowest BCUT2D eigenvalue weighted by atomic mass is 10.1. The number of carbonyl (C=O) groups is 1. The summed E-state index contributed by atoms with van der Waals surface area (Å²) in [5.74, 6) is -1.08. The molecule has 4 aromatic rings. The van der Waals surface area contributed by atoms with Crippen molar-refractivity contribution in [2.45, 2.75) is 17.6 Å². The summed E-state index contributed by atoms with van der Waals surface area (Å²) in [5, 5.41) is 9.81. The Morgan fingerprint density at radius 1 is 1.03 bits per heavy atom. The Morgan fingerprint density at radius 2 is 1.69 bits per heavy atom. The van der Waals surface area contributed by atoms with Gasteiger partial charge in [-0.3, -0.25) is 9.29 Å². The minimum absolute atomic E-state index is 0.0593. The molecule has 186 valence electrons. The van der Waals surface area contributed by atoms with E-state index in [9.17, 15) is 31.5 Å². The summed E-state index contributed by atoms with van der Waals surface area (Å²) in [6.45, 7) is -0.282. The maximum Gasteiger partial charge on any atom is 0.416 e. The van der Waals surface area contributed by atoms with Gasteiger partial charge in [0.05, 0.1) is 35.3 Å². The van der Waals surface area contributed by atoms with Crippen LogP contribution >= 0.6 is 0 Å². The minimum atomic E-state index is -4.67. The summed E-state index contributed by atoms with van der Waals surface area (Å²) in [7, 11) is -2.98. The summed E-state index contributed by atoms with van der Waals surface area (Å²) in [5.41, 5.74) is -1.43. The van der Waals surface area contributed by atoms with Gasteiger partial charge >= 0.3 is 12.1 Å². The van der Waals surface area contributed by atoms with Gasteiger partial charge in [0.25, 0.3) is 10.0 Å². The first kappa shape index (κ1) is 25.0. The van der Waals surface area contributed by atoms with Crippen LogP contribution < -0.4 is 9.04 Å². The number of halogens is 3. The Bertz CT molecular complexity index is 1520. The molecule has 0 atom stereocenters. The smallest absolute Gasteiger partial charge is 0.416 e. The summed E-state index contributed by atoms with van der Waals surface area (Å²) in [6, 6.07) is 16.4. The van der Waals surface area contributed by atoms with Crippen LogP contribution in [0.1, 0.15) is 21.5 Å². The molecular weight excluding hydrogens is 497 g/mol. The molecule has 11 heteroatoms. The number of aromatic nitrogens is 1. The lowest BCUT2D eigenvalue weighted by molar-refractivity contribution is -0.137. The largest absolute Gasteiger partial charge is 0.497 e. The topological polar surface area (TPSA) is 96.8 Å². The van der Waals surface area contributed by atoms with Gasteiger partial charge < -0.3 is 9.84 Å². The predicted molar refractivity (Wildman–Crippen MR) is 127 cm³/mol. The first-order chi connectivity index (χ1) is 17.0. The maximum atomic E-state index is 13.9. The third-order valence-corrected chi connectivity index (χ3v) is 7.22. The number of pyridine rings is 1. The fourth-order valence-electron chi connectivity index (χ4n) is 3.69. The second-order valence-electron chi connectivity index (χ2n) is 7.73. The van der Waals surface area contributed by atoms with E-state index >= 15 is 0 Å². The van der Waals surface area contributed by atoms with Gasteiger partial charge in [-0.25, -0.2) is 13.2 Å². The zero-order valence-electron chi connectivity index (χ0n) is 18.7. The van der Waals surface area contributed by atoms with E-state index in [1.54, 1.807) is 30.3 Å². The van der Waals surface area contributed by atoms with E-state index in [1.165, 1.54) is 31.4 Å². The van der Waals surface area contributed by atoms with Crippen molar-refractivity contribution in [3.8, 4) is 5.75 Å². The number of ether oxygens (including phenoxy) is 1. The standard InChI is InChI=1S/C25H19F3N2O5S/c1-35-18-8-10-19(11-9-18)36(33,34)30(15-16-5-3-2-4-6-16)23-20-12-7-17(25(26,27)28)13-22(20)29-14-21(23)24(31)32/h2-14H,15H2,1H3,(H,31,32). The average molecular weight is 516 g/mol. The molecule has 1 heterocycles. The predicted octanol–water partition coefficient (Wildman–Crippen LogP) is 5.36. The molecule has 0 fully saturated rings. The first-order valence-corrected chi connectivity index (χ1v) is 11.9. The number of hydrogen-bond acceptors (Lipinski definition) is 5. The average Bonchev–Trinajstić information content (AvgIpc) is 2.86. The molecule has 36 heavy (non-hydrogen) atoms. The molecule has 7 nitrogen and oxygen atoms in total. The highest BCUT2D eigenvalue weighted by Crippen LogP contribution is 2.38. The molecule has 0 saturated heterocycles. The first-order valence-electron chi connectivity index (χ1n) is 10.5. The minimum Gasteiger partial charge on any atom is -0.497 e. The van der Waals surface area contributed by atoms with E-state index in [1.807, 2.05) is 0 Å². The van der Waals surface area contributed by atoms with E-state index in [0.29, 0.717) is 11.3 Å². The van der Waals surface area contributed by atoms with E-state index in [0.717, 1.165) is 28.7 Å². The quantitative estimate of drug-likeness (QED) is 0.356. The second kappa shape index (κ2) is 9.50. The molecule has 0 unspecified atom stereocenters. The SMILES string of the molecule is COc1ccc(S(=O)(=O)N(Cc2ccccc2)c2c(C(=O)O)cnc3cc(C(F)(F)F)ccc23)cc1. The van der Waals surface area contributed by atoms with Crippen LogP contribution in [0.3, 0.4) is 0 Å². The molecule has 0 radical (unpaired) electrons. The third kappa shape index (κ3) is 4.82. The van der Waals surface area contributed by atoms with Crippen LogP contribution in [0.4, 0.5) is 18.9 Å². The zero-order valence-corrected chi connectivity index (χ0v) is 19.5. The summed E-state index contributed by atoms with van der Waals surface area (Å²) >= 11 is 0. The Hall–Kier alpha value is -4.12. The number of benzene rings is 3. The van der Waals surface area contributed by atoms with Crippen molar-refractivity contribution >= 4 is 32.6 Å². The van der Waals surface area contributed by atoms with Gasteiger partial charge in [-0.15, -0.1) is 0 Å². The van der Waals surface area contributed by atoms with Gasteiger partial charge in [-0.2, -0.15) is 13.2 Å². The van der Waals surface area contributed by atoms with Gasteiger partial charge in [-0.1, -0.05) is 36.4 Å². The van der Waals surface area contributed by atoms with Gasteiger partial charge in [0.15, 0.2) is 0 Å². The third-order valence-electron chi connectivity index (χ3n) is 5.46. The number of rotatable bonds is 7. The van der Waals surface area contributed by atoms with E-state index < -0.39 is 33.3 Å². The number of carboxylic acid groups (broad SMARTS) is 1. The van der Waals surface area contributed by atoms with E-state index in [-0.39, 0.29) is 28.0 Å². The number of methoxy groups -OCH3 is 1. The van der Waals surface area contributed by atoms with Gasteiger partial charge in [0, 0.05) is 11.6 Å². The van der Waals surface area contributed by atoms with Crippen LogP contribution in [0.15, 0.2) is 83.9 Å². The molecule has 0 saturated carbocycles. The molecule has 3 aromatic carbocycles. The molecular formula is C25H19F3N2O5S. The van der Waals surface area contributed by atoms with Crippen molar-refractivity contribution in [1.82, 2.24) is 4.98 Å². The molecule has 1 aromatic heterocycles. The van der Waals surface area contributed by atoms with Crippen molar-refractivity contribution in [2.24, 2.45) is 0 Å². The monoisotopic (exact) mass is 516 g/mol. The Kier molecular flexibility index (Phi) is 6.59. The lowest BCUT2D eigenvalue weighted by Crippen LogP contribution is -2.32. The maximum absolute atomic E-state index is 13.9. The highest BCUT2D eigenvalue weighted by atomic mass is 32.2. The van der Waals surface area contributed by atoms with Gasteiger partial charge in [-0.05, 0) is 42.0 Å². The van der Waals surface area contributed by atoms with Crippen molar-refractivity contribution in [3.63, 3.8) is 0 Å². The molecule has 0 spiro atoms. The summed E-state index contributed by atoms with van der Waals surface area (Å²) < 4.78 is 73.6. The number of sulfonamides is 1. The molecule has 0 bridgehead atoms. The Morgan fingerprint density at radius 3 is 2.28 bits per heavy atom. The Balaban J connectivity index is 2.01. The number of carboxylic acids is 1. The number of fused-ring (bicyclic) bond motifs is 1. The fourth-order valence-corrected chi connectivity index (χ4v) is 5.18. The van der Waals surface area contributed by atoms with Gasteiger partial charge in [0.1, 0.15) is 11.3 Å². The van der Waals surface area contributed by atoms with Crippen LogP contribution in [0.25, 0.3) is 10.9 Å². The molecule has 0 aliphatic rings. The number of alkyl halides is 3. The van der Waals surface area contributed by atoms with E-state index in [2.05, 4.69) is 4.98 Å². The highest BCUT2D eigenvalue weighted by Gasteiger charge is 2.34. The van der Waals surface area contributed by atoms with Crippen LogP contribution in [-0.4, -0.2) is 31.6 Å². The second-order valence-corrected chi connectivity index (χ2v) is 9.59. The Labute approximate surface area is 204 Å². The lowest BCUT2D eigenvalue weighted by Gasteiger charge is -2.27. The molecule has 4 rings (SSSR count). The molecule has 1 N–H and O–H groups in total. The van der Waals surface area contributed by atoms with Gasteiger partial charge in [0.2, 0.25) is 0 Å². The molecule has 0 amide bonds. The van der Waals surface area contributed by atoms with Crippen LogP contribution in [0.2, 0.25) is 0 Å². The van der Waals surface area contributed by atoms with Crippen molar-refractivity contribution in [1.29, 1.82) is 0 Å². The van der Waals surface area contributed by atoms with Crippen molar-refractivity contribution < 1.29 is 36.2 Å². The van der Waals surface area contributed by atoms with E-state index in [4.69, 9.17) is 4.74 Å². The van der Waals surface area contributed by atoms with Crippen molar-refractivity contribution in [3.05, 3.63) is 95.7 Å². The normalized spacial score (nSPS) is 11.9. The summed E-state index contributed by atoms with van der Waals surface area (Å²) in [6.07, 6.45) is -3.80. The summed E-state index contributed by atoms with van der Waals surface area (Å²) in [4.78, 5) is 15.9. The number of nitrogens with zero attached hydrogens (tertiary/aromatic N) is 2. The van der Waals surface area contributed by atoms with Crippen LogP contribution in [0, 0.1) is 0 Å². The zero-order chi connectivity index (χ0) is 26.1. The number of anilines is 1. The molecule has 0 aliphatic carbocycles.